The summed E-state index contributed by atoms with van der Waals surface area (Å²) >= 11 is 0. The van der Waals surface area contributed by atoms with Gasteiger partial charge in [0, 0.05) is 27.0 Å². The number of para-hydroxylation sites is 2. The Labute approximate surface area is 259 Å². The molecule has 0 unspecified atom stereocenters. The van der Waals surface area contributed by atoms with Crippen LogP contribution in [0.4, 0.5) is 5.69 Å². The van der Waals surface area contributed by atoms with Gasteiger partial charge in [-0.2, -0.15) is 5.26 Å². The molecule has 5 heteroatoms. The van der Waals surface area contributed by atoms with Gasteiger partial charge >= 0.3 is 0 Å². The first kappa shape index (κ1) is 25.3. The minimum atomic E-state index is -0.178. The van der Waals surface area contributed by atoms with Crippen LogP contribution >= 0.6 is 0 Å². The molecule has 45 heavy (non-hydrogen) atoms. The van der Waals surface area contributed by atoms with E-state index in [2.05, 4.69) is 107 Å². The summed E-state index contributed by atoms with van der Waals surface area (Å²) < 4.78 is 4.45. The van der Waals surface area contributed by atoms with Crippen LogP contribution < -0.4 is 0 Å². The molecule has 0 saturated heterocycles. The summed E-state index contributed by atoms with van der Waals surface area (Å²) in [5.74, 6) is 1.63. The summed E-state index contributed by atoms with van der Waals surface area (Å²) in [5, 5.41) is 14.1. The second-order valence-electron chi connectivity index (χ2n) is 12.3. The molecule has 3 aromatic heterocycles. The van der Waals surface area contributed by atoms with Gasteiger partial charge in [-0.1, -0.05) is 74.5 Å². The van der Waals surface area contributed by atoms with Crippen LogP contribution in [-0.2, 0) is 5.41 Å². The monoisotopic (exact) mass is 575 g/mol. The van der Waals surface area contributed by atoms with E-state index in [-0.39, 0.29) is 5.41 Å². The number of benzene rings is 5. The van der Waals surface area contributed by atoms with Crippen molar-refractivity contribution in [1.29, 1.82) is 5.26 Å². The van der Waals surface area contributed by atoms with Gasteiger partial charge in [-0.05, 0) is 76.9 Å². The number of hydrogen-bond acceptors (Lipinski definition) is 2. The van der Waals surface area contributed by atoms with E-state index in [9.17, 15) is 5.26 Å². The molecule has 210 valence electrons. The third-order valence-electron chi connectivity index (χ3n) is 9.57. The van der Waals surface area contributed by atoms with Crippen molar-refractivity contribution < 1.29 is 0 Å². The van der Waals surface area contributed by atoms with Crippen LogP contribution in [0.2, 0.25) is 0 Å². The second kappa shape index (κ2) is 8.92. The van der Waals surface area contributed by atoms with E-state index in [4.69, 9.17) is 11.6 Å². The first-order chi connectivity index (χ1) is 22.0. The van der Waals surface area contributed by atoms with Crippen molar-refractivity contribution in [3.05, 3.63) is 143 Å². The van der Waals surface area contributed by atoms with Gasteiger partial charge in [-0.3, -0.25) is 9.13 Å². The number of rotatable bonds is 2. The van der Waals surface area contributed by atoms with Crippen molar-refractivity contribution in [3.63, 3.8) is 0 Å². The van der Waals surface area contributed by atoms with Crippen molar-refractivity contribution in [3.8, 4) is 28.8 Å². The van der Waals surface area contributed by atoms with Crippen LogP contribution in [0.15, 0.2) is 115 Å². The number of pyridine rings is 1. The summed E-state index contributed by atoms with van der Waals surface area (Å²) in [6.07, 6.45) is 0. The average Bonchev–Trinajstić information content (AvgIpc) is 3.67. The highest BCUT2D eigenvalue weighted by Gasteiger charge is 2.37. The molecule has 8 aromatic rings. The standard InChI is InChI=1S/C40H25N5/c1-40(2)30-17-16-25(42-3)22-29(30)38-31(40)18-20-35-39(38)27-10-5-7-12-33(27)45(35)37-14-8-13-36(43-37)44-32-11-6-4-9-26(32)28-21-24(23-41)15-19-34(28)44/h4-22H,1-2H3. The maximum absolute atomic E-state index is 9.59. The van der Waals surface area contributed by atoms with E-state index in [1.807, 2.05) is 42.5 Å². The molecule has 0 atom stereocenters. The van der Waals surface area contributed by atoms with E-state index in [1.54, 1.807) is 0 Å². The van der Waals surface area contributed by atoms with Gasteiger partial charge in [0.05, 0.1) is 40.3 Å². The molecule has 5 aromatic carbocycles. The number of hydrogen-bond donors (Lipinski definition) is 0. The molecule has 0 amide bonds. The molecule has 0 radical (unpaired) electrons. The van der Waals surface area contributed by atoms with Gasteiger partial charge in [-0.15, -0.1) is 0 Å². The molecule has 0 bridgehead atoms. The fraction of sp³-hybridized carbons (Fsp3) is 0.0750. The number of fused-ring (bicyclic) bond motifs is 10. The van der Waals surface area contributed by atoms with Gasteiger partial charge < -0.3 is 0 Å². The minimum absolute atomic E-state index is 0.178. The van der Waals surface area contributed by atoms with Crippen molar-refractivity contribution >= 4 is 49.3 Å². The maximum atomic E-state index is 9.59. The number of nitrogens with zero attached hydrogens (tertiary/aromatic N) is 5. The predicted molar refractivity (Wildman–Crippen MR) is 181 cm³/mol. The van der Waals surface area contributed by atoms with Gasteiger partial charge in [0.1, 0.15) is 11.6 Å². The number of aromatic nitrogens is 3. The molecule has 0 saturated carbocycles. The molecular formula is C40H25N5. The van der Waals surface area contributed by atoms with Gasteiger partial charge in [0.2, 0.25) is 0 Å². The molecule has 0 aliphatic heterocycles. The maximum Gasteiger partial charge on any atom is 0.187 e. The van der Waals surface area contributed by atoms with Crippen LogP contribution in [0.3, 0.4) is 0 Å². The van der Waals surface area contributed by atoms with Crippen molar-refractivity contribution in [2.45, 2.75) is 19.3 Å². The summed E-state index contributed by atoms with van der Waals surface area (Å²) in [4.78, 5) is 9.08. The van der Waals surface area contributed by atoms with Crippen LogP contribution in [0.1, 0.15) is 30.5 Å². The average molecular weight is 576 g/mol. The van der Waals surface area contributed by atoms with E-state index >= 15 is 0 Å². The Bertz CT molecular complexity index is 2650. The molecular weight excluding hydrogens is 550 g/mol. The molecule has 3 heterocycles. The van der Waals surface area contributed by atoms with Crippen molar-refractivity contribution in [1.82, 2.24) is 14.1 Å². The molecule has 9 rings (SSSR count). The minimum Gasteiger partial charge on any atom is -0.294 e. The lowest BCUT2D eigenvalue weighted by Crippen LogP contribution is -2.14. The van der Waals surface area contributed by atoms with Gasteiger partial charge in [0.15, 0.2) is 5.69 Å². The quantitative estimate of drug-likeness (QED) is 0.193. The topological polar surface area (TPSA) is 50.9 Å². The SMILES string of the molecule is [C-]#[N+]c1ccc2c(c1)-c1c(ccc3c1c1ccccc1n3-c1cccc(-n3c4ccccc4c4cc(C#N)ccc43)n1)C2(C)C. The Morgan fingerprint density at radius 3 is 2.07 bits per heavy atom. The number of nitriles is 1. The van der Waals surface area contributed by atoms with Gasteiger partial charge in [0.25, 0.3) is 0 Å². The third kappa shape index (κ3) is 3.33. The highest BCUT2D eigenvalue weighted by molar-refractivity contribution is 6.18. The largest absolute Gasteiger partial charge is 0.294 e. The van der Waals surface area contributed by atoms with Crippen molar-refractivity contribution in [2.75, 3.05) is 0 Å². The molecule has 0 fully saturated rings. The zero-order valence-electron chi connectivity index (χ0n) is 24.7. The highest BCUT2D eigenvalue weighted by atomic mass is 15.1. The summed E-state index contributed by atoms with van der Waals surface area (Å²) in [6.45, 7) is 12.2. The third-order valence-corrected chi connectivity index (χ3v) is 9.57. The van der Waals surface area contributed by atoms with Crippen LogP contribution in [-0.4, -0.2) is 14.1 Å². The molecule has 1 aliphatic carbocycles. The predicted octanol–water partition coefficient (Wildman–Crippen LogP) is 10.0. The fourth-order valence-electron chi connectivity index (χ4n) is 7.56. The molecule has 0 N–H and O–H groups in total. The lowest BCUT2D eigenvalue weighted by molar-refractivity contribution is 0.661. The first-order valence-electron chi connectivity index (χ1n) is 15.0. The lowest BCUT2D eigenvalue weighted by Gasteiger charge is -2.21. The van der Waals surface area contributed by atoms with Gasteiger partial charge in [-0.25, -0.2) is 9.83 Å². The lowest BCUT2D eigenvalue weighted by atomic mass is 9.82. The highest BCUT2D eigenvalue weighted by Crippen LogP contribution is 2.54. The summed E-state index contributed by atoms with van der Waals surface area (Å²) in [7, 11) is 0. The summed E-state index contributed by atoms with van der Waals surface area (Å²) in [6, 6.07) is 41.7. The Hall–Kier alpha value is -6.17. The Kier molecular flexibility index (Phi) is 5.03. The van der Waals surface area contributed by atoms with E-state index in [0.717, 1.165) is 55.4 Å². The molecule has 5 nitrogen and oxygen atoms in total. The van der Waals surface area contributed by atoms with E-state index < -0.39 is 0 Å². The Morgan fingerprint density at radius 2 is 1.31 bits per heavy atom. The summed E-state index contributed by atoms with van der Waals surface area (Å²) in [5.41, 5.74) is 10.2. The first-order valence-corrected chi connectivity index (χ1v) is 15.0. The second-order valence-corrected chi connectivity index (χ2v) is 12.3. The zero-order chi connectivity index (χ0) is 30.4. The van der Waals surface area contributed by atoms with Crippen LogP contribution in [0, 0.1) is 17.9 Å². The van der Waals surface area contributed by atoms with E-state index in [0.29, 0.717) is 11.3 Å². The smallest absolute Gasteiger partial charge is 0.187 e. The van der Waals surface area contributed by atoms with Crippen LogP contribution in [0.25, 0.3) is 71.2 Å². The fourth-order valence-corrected chi connectivity index (χ4v) is 7.56. The van der Waals surface area contributed by atoms with E-state index in [1.165, 1.54) is 22.1 Å². The van der Waals surface area contributed by atoms with Crippen LogP contribution in [0.5, 0.6) is 0 Å². The Balaban J connectivity index is 1.34. The normalized spacial score (nSPS) is 13.2. The molecule has 0 spiro atoms. The molecule has 1 aliphatic rings. The Morgan fingerprint density at radius 1 is 0.667 bits per heavy atom. The zero-order valence-corrected chi connectivity index (χ0v) is 24.7. The van der Waals surface area contributed by atoms with Crippen molar-refractivity contribution in [2.24, 2.45) is 0 Å².